The maximum absolute atomic E-state index is 14.1. The van der Waals surface area contributed by atoms with E-state index in [2.05, 4.69) is 9.97 Å². The predicted octanol–water partition coefficient (Wildman–Crippen LogP) is 6.24. The van der Waals surface area contributed by atoms with Crippen molar-refractivity contribution < 1.29 is 28.7 Å². The van der Waals surface area contributed by atoms with Crippen LogP contribution in [-0.4, -0.2) is 57.7 Å². The fourth-order valence-corrected chi connectivity index (χ4v) is 6.57. The van der Waals surface area contributed by atoms with E-state index in [0.29, 0.717) is 41.9 Å². The molecule has 5 rings (SSSR count). The Morgan fingerprint density at radius 3 is 1.78 bits per heavy atom. The van der Waals surface area contributed by atoms with Gasteiger partial charge in [-0.2, -0.15) is 0 Å². The van der Waals surface area contributed by atoms with Crippen LogP contribution in [0.5, 0.6) is 0 Å². The predicted molar refractivity (Wildman–Crippen MR) is 175 cm³/mol. The average molecular weight is 627 g/mol. The number of aromatic nitrogens is 4. The minimum Gasteiger partial charge on any atom is -0.469 e. The first-order valence-electron chi connectivity index (χ1n) is 15.8. The molecule has 242 valence electrons. The summed E-state index contributed by atoms with van der Waals surface area (Å²) in [5.74, 6) is -1.01. The van der Waals surface area contributed by atoms with Crippen LogP contribution in [0.2, 0.25) is 0 Å². The van der Waals surface area contributed by atoms with Crippen molar-refractivity contribution in [3.05, 3.63) is 69.3 Å². The first-order valence-corrected chi connectivity index (χ1v) is 15.8. The number of H-pyrrole nitrogens is 2. The number of nitrogens with zero attached hydrogens (tertiary/aromatic N) is 2. The van der Waals surface area contributed by atoms with Gasteiger partial charge in [0.15, 0.2) is 11.6 Å². The zero-order valence-corrected chi connectivity index (χ0v) is 27.9. The monoisotopic (exact) mass is 626 g/mol. The Hall–Kier alpha value is -4.60. The van der Waals surface area contributed by atoms with Crippen molar-refractivity contribution >= 4 is 45.6 Å². The highest BCUT2D eigenvalue weighted by atomic mass is 16.5. The van der Waals surface area contributed by atoms with Crippen molar-refractivity contribution in [3.63, 3.8) is 0 Å². The van der Waals surface area contributed by atoms with Crippen molar-refractivity contribution in [1.29, 1.82) is 0 Å². The molecule has 0 fully saturated rings. The summed E-state index contributed by atoms with van der Waals surface area (Å²) in [5, 5.41) is 0. The summed E-state index contributed by atoms with van der Waals surface area (Å²) in [4.78, 5) is 69.1. The number of esters is 2. The molecule has 8 bridgehead atoms. The molecule has 0 saturated carbocycles. The molecule has 5 heterocycles. The number of aromatic amines is 2. The largest absolute Gasteiger partial charge is 0.469 e. The van der Waals surface area contributed by atoms with Gasteiger partial charge in [-0.05, 0) is 99.9 Å². The molecule has 0 aliphatic carbocycles. The van der Waals surface area contributed by atoms with Gasteiger partial charge in [-0.25, -0.2) is 9.97 Å². The molecule has 0 aromatic carbocycles. The normalized spacial score (nSPS) is 19.4. The van der Waals surface area contributed by atoms with Crippen molar-refractivity contribution in [2.75, 3.05) is 14.2 Å². The van der Waals surface area contributed by atoms with Crippen molar-refractivity contribution in [2.45, 2.75) is 90.9 Å². The summed E-state index contributed by atoms with van der Waals surface area (Å²) >= 11 is 0. The fourth-order valence-electron chi connectivity index (χ4n) is 6.57. The number of ketones is 2. The van der Waals surface area contributed by atoms with Crippen LogP contribution in [0.1, 0.15) is 108 Å². The Morgan fingerprint density at radius 2 is 1.20 bits per heavy atom. The quantitative estimate of drug-likeness (QED) is 0.280. The standard InChI is InChI=1S/C36H42N4O6/c1-9-21-19(3)23-15-27-34(44)36(6,14-13-32(42)46-8)30(40-27)18-26-22(11-12-31(41)45-7)20(4)24(38-26)17-29-35(5,10-2)33(43)28(39-29)16-25(21)37-23/h15-18,37-38H,9-14H2,1-8H3. The van der Waals surface area contributed by atoms with Crippen molar-refractivity contribution in [1.82, 2.24) is 19.9 Å². The van der Waals surface area contributed by atoms with Crippen LogP contribution in [0, 0.1) is 13.8 Å². The molecule has 46 heavy (non-hydrogen) atoms. The molecule has 10 heteroatoms. The number of nitrogens with one attached hydrogen (secondary N) is 2. The number of methoxy groups -OCH3 is 2. The van der Waals surface area contributed by atoms with E-state index in [1.165, 1.54) is 14.2 Å². The summed E-state index contributed by atoms with van der Waals surface area (Å²) in [6.07, 6.45) is 2.04. The number of ether oxygens (including phenoxy) is 2. The van der Waals surface area contributed by atoms with Gasteiger partial charge in [0.1, 0.15) is 11.4 Å². The fraction of sp³-hybridized carbons (Fsp3) is 0.444. The first-order chi connectivity index (χ1) is 21.8. The highest BCUT2D eigenvalue weighted by Crippen LogP contribution is 2.39. The van der Waals surface area contributed by atoms with E-state index in [0.717, 1.165) is 38.8 Å². The third-order valence-electron chi connectivity index (χ3n) is 10.0. The van der Waals surface area contributed by atoms with Crippen molar-refractivity contribution in [3.8, 4) is 0 Å². The molecular formula is C36H42N4O6. The van der Waals surface area contributed by atoms with Crippen LogP contribution in [0.15, 0.2) is 24.3 Å². The van der Waals surface area contributed by atoms with Gasteiger partial charge in [0, 0.05) is 34.9 Å². The molecule has 3 aromatic rings. The van der Waals surface area contributed by atoms with Crippen LogP contribution in [0.3, 0.4) is 0 Å². The van der Waals surface area contributed by atoms with E-state index in [1.807, 2.05) is 52.8 Å². The number of fused-ring (bicyclic) bond motifs is 8. The summed E-state index contributed by atoms with van der Waals surface area (Å²) in [7, 11) is 2.68. The average Bonchev–Trinajstić information content (AvgIpc) is 3.66. The van der Waals surface area contributed by atoms with Gasteiger partial charge in [0.2, 0.25) is 0 Å². The SMILES string of the molecule is CCc1c(C)c2cc3nc(cc4[nH]c(cc5nc(cc1[nH]2)C(=O)C5(C)CC)c(C)c4CCC(=O)OC)C(C)(CCC(=O)OC)C3=O. The Balaban J connectivity index is 1.92. The molecule has 0 spiro atoms. The maximum atomic E-state index is 14.1. The van der Waals surface area contributed by atoms with E-state index in [1.54, 1.807) is 13.0 Å². The van der Waals surface area contributed by atoms with Gasteiger partial charge in [-0.3, -0.25) is 19.2 Å². The molecule has 2 unspecified atom stereocenters. The molecule has 0 radical (unpaired) electrons. The Morgan fingerprint density at radius 1 is 0.717 bits per heavy atom. The number of carbonyl (C=O) groups is 4. The molecule has 2 N–H and O–H groups in total. The summed E-state index contributed by atoms with van der Waals surface area (Å²) in [6, 6.07) is 7.32. The van der Waals surface area contributed by atoms with Crippen LogP contribution >= 0.6 is 0 Å². The van der Waals surface area contributed by atoms with E-state index in [-0.39, 0.29) is 42.5 Å². The van der Waals surface area contributed by atoms with Crippen LogP contribution in [-0.2, 0) is 42.7 Å². The summed E-state index contributed by atoms with van der Waals surface area (Å²) < 4.78 is 9.82. The van der Waals surface area contributed by atoms with Gasteiger partial charge in [-0.15, -0.1) is 0 Å². The molecule has 0 saturated heterocycles. The molecule has 0 amide bonds. The third kappa shape index (κ3) is 5.43. The highest BCUT2D eigenvalue weighted by Gasteiger charge is 2.43. The molecule has 2 aliphatic rings. The van der Waals surface area contributed by atoms with Gasteiger partial charge < -0.3 is 19.4 Å². The minimum atomic E-state index is -1.11. The Bertz CT molecular complexity index is 1940. The second-order valence-corrected chi connectivity index (χ2v) is 12.6. The number of Topliss-reactive ketones (excluding diaryl/α,β-unsaturated/α-hetero) is 2. The van der Waals surface area contributed by atoms with Gasteiger partial charge in [0.25, 0.3) is 0 Å². The Kier molecular flexibility index (Phi) is 8.77. The van der Waals surface area contributed by atoms with E-state index in [4.69, 9.17) is 19.4 Å². The molecule has 3 aromatic heterocycles. The third-order valence-corrected chi connectivity index (χ3v) is 10.0. The van der Waals surface area contributed by atoms with E-state index >= 15 is 0 Å². The van der Waals surface area contributed by atoms with E-state index < -0.39 is 16.8 Å². The number of hydrogen-bond acceptors (Lipinski definition) is 8. The molecule has 10 nitrogen and oxygen atoms in total. The molecule has 2 atom stereocenters. The zero-order valence-electron chi connectivity index (χ0n) is 27.9. The number of aryl methyl sites for hydroxylation is 4. The maximum Gasteiger partial charge on any atom is 0.305 e. The second kappa shape index (κ2) is 12.3. The lowest BCUT2D eigenvalue weighted by molar-refractivity contribution is -0.141. The lowest BCUT2D eigenvalue weighted by Crippen LogP contribution is -2.29. The topological polar surface area (TPSA) is 144 Å². The van der Waals surface area contributed by atoms with Gasteiger partial charge >= 0.3 is 11.9 Å². The lowest BCUT2D eigenvalue weighted by Gasteiger charge is -2.21. The van der Waals surface area contributed by atoms with Crippen LogP contribution in [0.25, 0.3) is 22.1 Å². The second-order valence-electron chi connectivity index (χ2n) is 12.6. The van der Waals surface area contributed by atoms with Gasteiger partial charge in [-0.1, -0.05) is 13.8 Å². The van der Waals surface area contributed by atoms with Crippen LogP contribution < -0.4 is 0 Å². The molecular weight excluding hydrogens is 584 g/mol. The lowest BCUT2D eigenvalue weighted by atomic mass is 9.79. The Labute approximate surface area is 268 Å². The van der Waals surface area contributed by atoms with E-state index in [9.17, 15) is 19.2 Å². The first kappa shape index (κ1) is 32.8. The van der Waals surface area contributed by atoms with Crippen molar-refractivity contribution in [2.24, 2.45) is 0 Å². The molecule has 2 aliphatic heterocycles. The van der Waals surface area contributed by atoms with Crippen LogP contribution in [0.4, 0.5) is 0 Å². The number of hydrogen-bond donors (Lipinski definition) is 2. The smallest absolute Gasteiger partial charge is 0.305 e. The summed E-state index contributed by atoms with van der Waals surface area (Å²) in [6.45, 7) is 11.7. The number of rotatable bonds is 8. The van der Waals surface area contributed by atoms with Gasteiger partial charge in [0.05, 0.1) is 36.4 Å². The summed E-state index contributed by atoms with van der Waals surface area (Å²) in [5.41, 5.74) is 6.49. The number of carbonyl (C=O) groups excluding carboxylic acids is 4. The minimum absolute atomic E-state index is 0.0412. The highest BCUT2D eigenvalue weighted by molar-refractivity contribution is 6.06. The zero-order chi connectivity index (χ0) is 33.6.